The van der Waals surface area contributed by atoms with Crippen LogP contribution in [0.2, 0.25) is 0 Å². The van der Waals surface area contributed by atoms with Crippen LogP contribution in [-0.2, 0) is 5.60 Å². The minimum absolute atomic E-state index is 0.384. The second kappa shape index (κ2) is 9.82. The first-order valence-corrected chi connectivity index (χ1v) is 11.5. The van der Waals surface area contributed by atoms with Gasteiger partial charge in [-0.3, -0.25) is 0 Å². The molecule has 1 heterocycles. The zero-order valence-corrected chi connectivity index (χ0v) is 19.8. The van der Waals surface area contributed by atoms with Crippen molar-refractivity contribution < 1.29 is 9.84 Å². The molecule has 4 rings (SSSR count). The van der Waals surface area contributed by atoms with Crippen molar-refractivity contribution in [1.82, 2.24) is 10.3 Å². The van der Waals surface area contributed by atoms with Gasteiger partial charge in [0.15, 0.2) is 0 Å². The van der Waals surface area contributed by atoms with Gasteiger partial charge in [0, 0.05) is 21.3 Å². The Kier molecular flexibility index (Phi) is 6.89. The van der Waals surface area contributed by atoms with Crippen molar-refractivity contribution in [2.45, 2.75) is 17.9 Å². The molecule has 0 radical (unpaired) electrons. The Balaban J connectivity index is 2.01. The number of aliphatic hydroxyl groups is 1. The predicted octanol–water partition coefficient (Wildman–Crippen LogP) is 5.64. The molecule has 0 fully saturated rings. The van der Waals surface area contributed by atoms with Gasteiger partial charge in [-0.25, -0.2) is 4.98 Å². The molecule has 3 aromatic carbocycles. The maximum absolute atomic E-state index is 12.4. The number of ether oxygens (including phenoxy) is 1. The van der Waals surface area contributed by atoms with Gasteiger partial charge in [-0.1, -0.05) is 76.6 Å². The maximum atomic E-state index is 12.4. The minimum atomic E-state index is -1.18. The fraction of sp³-hybridized carbons (Fsp3) is 0.222. The molecule has 0 spiro atoms. The molecule has 4 nitrogen and oxygen atoms in total. The lowest BCUT2D eigenvalue weighted by Gasteiger charge is -2.38. The summed E-state index contributed by atoms with van der Waals surface area (Å²) in [4.78, 5) is 4.80. The molecule has 2 N–H and O–H groups in total. The zero-order chi connectivity index (χ0) is 22.6. The molecule has 164 valence electrons. The van der Waals surface area contributed by atoms with E-state index in [-0.39, 0.29) is 5.92 Å². The molecule has 32 heavy (non-hydrogen) atoms. The number of hydrogen-bond acceptors (Lipinski definition) is 4. The smallest absolute Gasteiger partial charge is 0.217 e. The van der Waals surface area contributed by atoms with E-state index in [0.717, 1.165) is 32.1 Å². The van der Waals surface area contributed by atoms with Crippen molar-refractivity contribution in [2.24, 2.45) is 0 Å². The third-order valence-corrected chi connectivity index (χ3v) is 6.41. The van der Waals surface area contributed by atoms with Gasteiger partial charge < -0.3 is 15.2 Å². The number of aromatic nitrogens is 1. The number of hydrogen-bond donors (Lipinski definition) is 2. The van der Waals surface area contributed by atoms with E-state index in [1.165, 1.54) is 0 Å². The van der Waals surface area contributed by atoms with Gasteiger partial charge in [0.2, 0.25) is 5.88 Å². The molecule has 0 aliphatic carbocycles. The summed E-state index contributed by atoms with van der Waals surface area (Å²) in [5, 5.41) is 16.6. The van der Waals surface area contributed by atoms with Gasteiger partial charge in [0.25, 0.3) is 0 Å². The van der Waals surface area contributed by atoms with Crippen LogP contribution in [0.1, 0.15) is 29.0 Å². The highest BCUT2D eigenvalue weighted by atomic mass is 79.9. The van der Waals surface area contributed by atoms with Crippen LogP contribution in [0, 0.1) is 0 Å². The lowest BCUT2D eigenvalue weighted by atomic mass is 9.71. The number of nitrogens with one attached hydrogen (secondary N) is 1. The van der Waals surface area contributed by atoms with Crippen molar-refractivity contribution in [3.63, 3.8) is 0 Å². The van der Waals surface area contributed by atoms with Crippen LogP contribution in [0.4, 0.5) is 0 Å². The lowest BCUT2D eigenvalue weighted by molar-refractivity contribution is 0.0104. The van der Waals surface area contributed by atoms with E-state index in [4.69, 9.17) is 9.72 Å². The van der Waals surface area contributed by atoms with E-state index in [1.54, 1.807) is 7.11 Å². The molecule has 0 saturated carbocycles. The summed E-state index contributed by atoms with van der Waals surface area (Å²) in [5.74, 6) is 0.137. The Morgan fingerprint density at radius 1 is 1.00 bits per heavy atom. The minimum Gasteiger partial charge on any atom is -0.481 e. The van der Waals surface area contributed by atoms with Gasteiger partial charge in [0.1, 0.15) is 5.60 Å². The number of methoxy groups -OCH3 is 1. The Bertz CT molecular complexity index is 1180. The van der Waals surface area contributed by atoms with Crippen molar-refractivity contribution in [3.05, 3.63) is 106 Å². The van der Waals surface area contributed by atoms with Crippen LogP contribution in [-0.4, -0.2) is 30.8 Å². The van der Waals surface area contributed by atoms with Crippen molar-refractivity contribution >= 4 is 26.8 Å². The standard InChI is InChI=1S/C27H27BrN2O2/c1-29-16-15-27(31,21-11-7-4-8-12-21)25(19-9-5-3-6-10-19)23-18-20-17-22(28)13-14-24(20)30-26(23)32-2/h3-14,17-18,25,29,31H,15-16H2,1-2H3/t25-,27-/m1/s1. The quantitative estimate of drug-likeness (QED) is 0.335. The molecule has 4 aromatic rings. The summed E-state index contributed by atoms with van der Waals surface area (Å²) in [7, 11) is 3.53. The summed E-state index contributed by atoms with van der Waals surface area (Å²) in [6, 6.07) is 28.1. The Morgan fingerprint density at radius 3 is 2.34 bits per heavy atom. The summed E-state index contributed by atoms with van der Waals surface area (Å²) in [5.41, 5.74) is 2.39. The second-order valence-electron chi connectivity index (χ2n) is 7.91. The van der Waals surface area contributed by atoms with Crippen molar-refractivity contribution in [3.8, 4) is 5.88 Å². The van der Waals surface area contributed by atoms with Gasteiger partial charge in [0.05, 0.1) is 12.6 Å². The van der Waals surface area contributed by atoms with Gasteiger partial charge in [-0.15, -0.1) is 0 Å². The van der Waals surface area contributed by atoms with Crippen molar-refractivity contribution in [2.75, 3.05) is 20.7 Å². The van der Waals surface area contributed by atoms with Crippen LogP contribution in [0.5, 0.6) is 5.88 Å². The van der Waals surface area contributed by atoms with Gasteiger partial charge >= 0.3 is 0 Å². The first kappa shape index (κ1) is 22.5. The third-order valence-electron chi connectivity index (χ3n) is 5.91. The number of fused-ring (bicyclic) bond motifs is 1. The van der Waals surface area contributed by atoms with E-state index in [1.807, 2.05) is 73.8 Å². The summed E-state index contributed by atoms with van der Waals surface area (Å²) in [6.07, 6.45) is 0.521. The highest BCUT2D eigenvalue weighted by Gasteiger charge is 2.41. The van der Waals surface area contributed by atoms with E-state index in [2.05, 4.69) is 39.4 Å². The monoisotopic (exact) mass is 490 g/mol. The Morgan fingerprint density at radius 2 is 1.69 bits per heavy atom. The predicted molar refractivity (Wildman–Crippen MR) is 133 cm³/mol. The summed E-state index contributed by atoms with van der Waals surface area (Å²) >= 11 is 3.57. The van der Waals surface area contributed by atoms with Crippen LogP contribution >= 0.6 is 15.9 Å². The molecule has 0 unspecified atom stereocenters. The molecule has 0 aliphatic rings. The zero-order valence-electron chi connectivity index (χ0n) is 18.3. The van der Waals surface area contributed by atoms with Gasteiger partial charge in [-0.2, -0.15) is 0 Å². The molecule has 0 saturated heterocycles. The fourth-order valence-corrected chi connectivity index (χ4v) is 4.75. The average molecular weight is 491 g/mol. The Labute approximate surface area is 197 Å². The normalized spacial score (nSPS) is 14.1. The first-order chi connectivity index (χ1) is 15.6. The fourth-order valence-electron chi connectivity index (χ4n) is 4.37. The van der Waals surface area contributed by atoms with Crippen LogP contribution in [0.25, 0.3) is 10.9 Å². The molecular weight excluding hydrogens is 464 g/mol. The number of pyridine rings is 1. The highest BCUT2D eigenvalue weighted by molar-refractivity contribution is 9.10. The lowest BCUT2D eigenvalue weighted by Crippen LogP contribution is -2.37. The van der Waals surface area contributed by atoms with Crippen LogP contribution in [0.15, 0.2) is 89.4 Å². The van der Waals surface area contributed by atoms with Crippen LogP contribution in [0.3, 0.4) is 0 Å². The molecule has 2 atom stereocenters. The molecule has 0 bridgehead atoms. The van der Waals surface area contributed by atoms with Crippen LogP contribution < -0.4 is 10.1 Å². The third kappa shape index (κ3) is 4.42. The average Bonchev–Trinajstić information content (AvgIpc) is 2.83. The number of rotatable bonds is 8. The first-order valence-electron chi connectivity index (χ1n) is 10.7. The number of benzene rings is 3. The molecule has 0 amide bonds. The molecule has 5 heteroatoms. The molecule has 0 aliphatic heterocycles. The topological polar surface area (TPSA) is 54.4 Å². The molecular formula is C27H27BrN2O2. The van der Waals surface area contributed by atoms with E-state index < -0.39 is 5.60 Å². The Hall–Kier alpha value is -2.73. The van der Waals surface area contributed by atoms with E-state index in [0.29, 0.717) is 18.8 Å². The van der Waals surface area contributed by atoms with E-state index in [9.17, 15) is 5.11 Å². The second-order valence-corrected chi connectivity index (χ2v) is 8.83. The van der Waals surface area contributed by atoms with Gasteiger partial charge in [-0.05, 0) is 55.4 Å². The maximum Gasteiger partial charge on any atom is 0.217 e. The molecule has 1 aromatic heterocycles. The van der Waals surface area contributed by atoms with E-state index >= 15 is 0 Å². The largest absolute Gasteiger partial charge is 0.481 e. The number of halogens is 1. The van der Waals surface area contributed by atoms with Crippen molar-refractivity contribution in [1.29, 1.82) is 0 Å². The summed E-state index contributed by atoms with van der Waals surface area (Å²) < 4.78 is 6.75. The summed E-state index contributed by atoms with van der Waals surface area (Å²) in [6.45, 7) is 0.656. The SMILES string of the molecule is CNCC[C@@](O)(c1ccccc1)[C@H](c1ccccc1)c1cc2cc(Br)ccc2nc1OC. The number of nitrogens with zero attached hydrogens (tertiary/aromatic N) is 1. The highest BCUT2D eigenvalue weighted by Crippen LogP contribution is 2.47.